The number of carbonyl (C=O) groups excluding carboxylic acids is 1. The van der Waals surface area contributed by atoms with E-state index < -0.39 is 6.64 Å². The van der Waals surface area contributed by atoms with Crippen LogP contribution >= 0.6 is 6.64 Å². The number of hydrogen-bond donors (Lipinski definition) is 1. The summed E-state index contributed by atoms with van der Waals surface area (Å²) in [5.41, 5.74) is 0. The van der Waals surface area contributed by atoms with E-state index in [0.717, 1.165) is 6.42 Å². The Balaban J connectivity index is 4.50. The van der Waals surface area contributed by atoms with Crippen molar-refractivity contribution in [3.63, 3.8) is 0 Å². The van der Waals surface area contributed by atoms with Crippen molar-refractivity contribution in [2.75, 3.05) is 46.1 Å². The summed E-state index contributed by atoms with van der Waals surface area (Å²) < 4.78 is 18.2. The summed E-state index contributed by atoms with van der Waals surface area (Å²) in [5, 5.41) is 2.85. The predicted octanol–water partition coefficient (Wildman–Crippen LogP) is 2.31. The quantitative estimate of drug-likeness (QED) is 0.294. The van der Waals surface area contributed by atoms with Crippen molar-refractivity contribution in [3.05, 3.63) is 12.7 Å². The highest BCUT2D eigenvalue weighted by atomic mass is 32.5. The molecule has 0 heterocycles. The van der Waals surface area contributed by atoms with E-state index in [9.17, 15) is 4.79 Å². The number of nitrogens with one attached hydrogen (secondary N) is 1. The summed E-state index contributed by atoms with van der Waals surface area (Å²) in [6.45, 7) is 10.1. The molecule has 0 radical (unpaired) electrons. The fourth-order valence-electron chi connectivity index (χ4n) is 1.70. The third kappa shape index (κ3) is 8.98. The van der Waals surface area contributed by atoms with Crippen LogP contribution in [0.25, 0.3) is 0 Å². The summed E-state index contributed by atoms with van der Waals surface area (Å²) in [6.07, 6.45) is 2.48. The second kappa shape index (κ2) is 13.2. The molecule has 0 spiro atoms. The minimum absolute atomic E-state index is 0.105. The lowest BCUT2D eigenvalue weighted by Gasteiger charge is -2.31. The monoisotopic (exact) mass is 352 g/mol. The Labute approximate surface area is 139 Å². The van der Waals surface area contributed by atoms with Gasteiger partial charge in [-0.2, -0.15) is 0 Å². The van der Waals surface area contributed by atoms with E-state index in [1.54, 1.807) is 10.7 Å². The van der Waals surface area contributed by atoms with Gasteiger partial charge in [-0.25, -0.2) is 4.67 Å². The largest absolute Gasteiger partial charge is 0.382 e. The minimum atomic E-state index is -2.64. The Bertz CT molecular complexity index is 359. The van der Waals surface area contributed by atoms with Crippen LogP contribution in [0.15, 0.2) is 12.7 Å². The molecule has 1 N–H and O–H groups in total. The van der Waals surface area contributed by atoms with Crippen LogP contribution in [0, 0.1) is 0 Å². The first-order valence-electron chi connectivity index (χ1n) is 7.63. The van der Waals surface area contributed by atoms with Gasteiger partial charge in [-0.05, 0) is 39.0 Å². The molecule has 0 atom stereocenters. The van der Waals surface area contributed by atoms with E-state index in [4.69, 9.17) is 25.6 Å². The standard InChI is InChI=1S/C14H29N2O4PS/c1-5-11-16(21(22,19-7-3)20-8-4)13-14(17)15-10-9-12-18-6-2/h5H,1,6-13H2,2-4H3,(H,15,17). The molecule has 0 saturated heterocycles. The molecule has 130 valence electrons. The zero-order valence-corrected chi connectivity index (χ0v) is 15.6. The van der Waals surface area contributed by atoms with Crippen molar-refractivity contribution < 1.29 is 18.6 Å². The Kier molecular flexibility index (Phi) is 13.0. The lowest BCUT2D eigenvalue weighted by atomic mass is 10.4. The first-order chi connectivity index (χ1) is 10.5. The fraction of sp³-hybridized carbons (Fsp3) is 0.786. The third-order valence-electron chi connectivity index (χ3n) is 2.59. The second-order valence-corrected chi connectivity index (χ2v) is 7.74. The molecule has 1 amide bonds. The van der Waals surface area contributed by atoms with Crippen molar-refractivity contribution in [2.45, 2.75) is 27.2 Å². The molecule has 0 bridgehead atoms. The number of amides is 1. The van der Waals surface area contributed by atoms with Gasteiger partial charge in [-0.15, -0.1) is 6.58 Å². The van der Waals surface area contributed by atoms with Crippen LogP contribution < -0.4 is 5.32 Å². The first-order valence-corrected chi connectivity index (χ1v) is 10.2. The Hall–Kier alpha value is -0.300. The highest BCUT2D eigenvalue weighted by Gasteiger charge is 2.28. The Morgan fingerprint density at radius 2 is 1.91 bits per heavy atom. The number of hydrogen-bond acceptors (Lipinski definition) is 5. The summed E-state index contributed by atoms with van der Waals surface area (Å²) in [4.78, 5) is 12.0. The zero-order chi connectivity index (χ0) is 16.8. The van der Waals surface area contributed by atoms with Gasteiger partial charge in [0.1, 0.15) is 0 Å². The molecule has 8 heteroatoms. The van der Waals surface area contributed by atoms with E-state index in [2.05, 4.69) is 11.9 Å². The van der Waals surface area contributed by atoms with E-state index >= 15 is 0 Å². The van der Waals surface area contributed by atoms with Crippen LogP contribution in [0.5, 0.6) is 0 Å². The van der Waals surface area contributed by atoms with Crippen molar-refractivity contribution >= 4 is 24.4 Å². The molecule has 0 rings (SSSR count). The van der Waals surface area contributed by atoms with E-state index in [1.807, 2.05) is 20.8 Å². The molecule has 0 aromatic heterocycles. The number of ether oxygens (including phenoxy) is 1. The average molecular weight is 352 g/mol. The maximum atomic E-state index is 12.0. The van der Waals surface area contributed by atoms with Crippen LogP contribution in [0.4, 0.5) is 0 Å². The van der Waals surface area contributed by atoms with Gasteiger partial charge in [0.15, 0.2) is 0 Å². The Morgan fingerprint density at radius 3 is 2.41 bits per heavy atom. The molecule has 0 aliphatic carbocycles. The summed E-state index contributed by atoms with van der Waals surface area (Å²) >= 11 is 5.52. The van der Waals surface area contributed by atoms with Crippen molar-refractivity contribution in [3.8, 4) is 0 Å². The molecule has 0 saturated carbocycles. The first kappa shape index (κ1) is 21.7. The fourth-order valence-corrected chi connectivity index (χ4v) is 4.37. The van der Waals surface area contributed by atoms with Gasteiger partial charge in [0.05, 0.1) is 19.8 Å². The lowest BCUT2D eigenvalue weighted by Crippen LogP contribution is -2.37. The predicted molar refractivity (Wildman–Crippen MR) is 93.4 cm³/mol. The number of nitrogens with zero attached hydrogens (tertiary/aromatic N) is 1. The van der Waals surface area contributed by atoms with Crippen LogP contribution in [-0.4, -0.2) is 56.6 Å². The van der Waals surface area contributed by atoms with E-state index in [0.29, 0.717) is 39.5 Å². The van der Waals surface area contributed by atoms with Gasteiger partial charge in [-0.1, -0.05) is 6.08 Å². The number of rotatable bonds is 14. The number of carbonyl (C=O) groups is 1. The maximum absolute atomic E-state index is 12.0. The smallest absolute Gasteiger partial charge is 0.264 e. The van der Waals surface area contributed by atoms with Gasteiger partial charge in [0, 0.05) is 26.3 Å². The zero-order valence-electron chi connectivity index (χ0n) is 13.9. The van der Waals surface area contributed by atoms with Crippen LogP contribution in [0.3, 0.4) is 0 Å². The van der Waals surface area contributed by atoms with Crippen LogP contribution in [0.1, 0.15) is 27.2 Å². The molecule has 0 aliphatic heterocycles. The third-order valence-corrected chi connectivity index (χ3v) is 6.08. The van der Waals surface area contributed by atoms with Crippen molar-refractivity contribution in [1.82, 2.24) is 9.99 Å². The molecule has 22 heavy (non-hydrogen) atoms. The molecule has 0 aromatic carbocycles. The van der Waals surface area contributed by atoms with E-state index in [1.165, 1.54) is 0 Å². The molecule has 0 fully saturated rings. The van der Waals surface area contributed by atoms with Crippen LogP contribution in [-0.2, 0) is 30.4 Å². The van der Waals surface area contributed by atoms with Crippen molar-refractivity contribution in [2.24, 2.45) is 0 Å². The summed E-state index contributed by atoms with van der Waals surface area (Å²) in [6, 6.07) is 0. The highest BCUT2D eigenvalue weighted by molar-refractivity contribution is 8.08. The summed E-state index contributed by atoms with van der Waals surface area (Å²) in [7, 11) is 0. The highest BCUT2D eigenvalue weighted by Crippen LogP contribution is 2.51. The lowest BCUT2D eigenvalue weighted by molar-refractivity contribution is -0.121. The molecule has 6 nitrogen and oxygen atoms in total. The molecular weight excluding hydrogens is 323 g/mol. The molecule has 0 unspecified atom stereocenters. The molecule has 0 aliphatic rings. The topological polar surface area (TPSA) is 60.0 Å². The second-order valence-electron chi connectivity index (χ2n) is 4.34. The van der Waals surface area contributed by atoms with Crippen LogP contribution in [0.2, 0.25) is 0 Å². The summed E-state index contributed by atoms with van der Waals surface area (Å²) in [5.74, 6) is -0.105. The molecule has 0 aromatic rings. The van der Waals surface area contributed by atoms with Gasteiger partial charge >= 0.3 is 0 Å². The van der Waals surface area contributed by atoms with E-state index in [-0.39, 0.29) is 12.5 Å². The SMILES string of the molecule is C=CCN(CC(=O)NCCCOCC)P(=S)(OCC)OCC. The average Bonchev–Trinajstić information content (AvgIpc) is 2.47. The maximum Gasteiger partial charge on any atom is 0.264 e. The Morgan fingerprint density at radius 1 is 1.27 bits per heavy atom. The molecular formula is C14H29N2O4PS. The van der Waals surface area contributed by atoms with Gasteiger partial charge in [0.25, 0.3) is 6.64 Å². The van der Waals surface area contributed by atoms with Gasteiger partial charge < -0.3 is 19.1 Å². The minimum Gasteiger partial charge on any atom is -0.382 e. The van der Waals surface area contributed by atoms with Gasteiger partial charge in [0.2, 0.25) is 5.91 Å². The van der Waals surface area contributed by atoms with Gasteiger partial charge in [-0.3, -0.25) is 4.79 Å². The van der Waals surface area contributed by atoms with Crippen molar-refractivity contribution in [1.29, 1.82) is 0 Å². The normalized spacial score (nSPS) is 11.6.